The molecular weight excluding hydrogens is 366 g/mol. The number of nitrogens with one attached hydrogen (secondary N) is 2. The van der Waals surface area contributed by atoms with Crippen LogP contribution in [-0.2, 0) is 4.74 Å². The Labute approximate surface area is 170 Å². The number of para-hydroxylation sites is 1. The lowest BCUT2D eigenvalue weighted by Crippen LogP contribution is -2.54. The van der Waals surface area contributed by atoms with E-state index in [1.807, 2.05) is 36.4 Å². The second-order valence-electron chi connectivity index (χ2n) is 7.84. The van der Waals surface area contributed by atoms with Crippen molar-refractivity contribution in [2.24, 2.45) is 5.92 Å². The van der Waals surface area contributed by atoms with Gasteiger partial charge in [0.2, 0.25) is 5.95 Å². The monoisotopic (exact) mass is 391 g/mol. The summed E-state index contributed by atoms with van der Waals surface area (Å²) in [6, 6.07) is 16.1. The molecule has 1 atom stereocenters. The van der Waals surface area contributed by atoms with E-state index in [4.69, 9.17) is 9.47 Å². The van der Waals surface area contributed by atoms with Crippen molar-refractivity contribution in [3.63, 3.8) is 0 Å². The smallest absolute Gasteiger partial charge is 0.246 e. The van der Waals surface area contributed by atoms with Crippen molar-refractivity contribution in [2.75, 3.05) is 31.6 Å². The van der Waals surface area contributed by atoms with Crippen molar-refractivity contribution in [3.8, 4) is 11.4 Å². The van der Waals surface area contributed by atoms with Crippen molar-refractivity contribution < 1.29 is 9.47 Å². The molecule has 7 nitrogen and oxygen atoms in total. The van der Waals surface area contributed by atoms with Gasteiger partial charge in [-0.15, -0.1) is 5.10 Å². The standard InChI is InChI=1S/C22H25N5O2/c1-16-9-18(25-21-24-15-27(26-21)19-5-3-2-4-6-19)11-20(10-16)29-22(7-8-23-14-22)17-12-28-13-17/h2-6,9-11,15,17,23H,7-8,12-14H2,1H3,(H,25,26)/t22-/m1/s1. The van der Waals surface area contributed by atoms with E-state index in [1.54, 1.807) is 11.0 Å². The van der Waals surface area contributed by atoms with Crippen LogP contribution in [0.1, 0.15) is 12.0 Å². The molecule has 2 saturated heterocycles. The minimum atomic E-state index is -0.184. The van der Waals surface area contributed by atoms with Crippen molar-refractivity contribution in [1.29, 1.82) is 0 Å². The van der Waals surface area contributed by atoms with Gasteiger partial charge in [0.25, 0.3) is 0 Å². The van der Waals surface area contributed by atoms with Gasteiger partial charge in [-0.05, 0) is 43.3 Å². The first-order chi connectivity index (χ1) is 14.2. The Kier molecular flexibility index (Phi) is 4.69. The molecule has 2 aliphatic rings. The Bertz CT molecular complexity index is 978. The average molecular weight is 391 g/mol. The molecule has 1 aromatic heterocycles. The van der Waals surface area contributed by atoms with Crippen molar-refractivity contribution in [3.05, 3.63) is 60.4 Å². The number of hydrogen-bond donors (Lipinski definition) is 2. The molecule has 0 spiro atoms. The zero-order valence-electron chi connectivity index (χ0n) is 16.5. The summed E-state index contributed by atoms with van der Waals surface area (Å²) in [6.45, 7) is 5.47. The molecule has 0 unspecified atom stereocenters. The van der Waals surface area contributed by atoms with Gasteiger partial charge in [0.15, 0.2) is 0 Å². The van der Waals surface area contributed by atoms with Crippen LogP contribution in [0.25, 0.3) is 5.69 Å². The van der Waals surface area contributed by atoms with Crippen LogP contribution in [0.15, 0.2) is 54.9 Å². The third kappa shape index (κ3) is 3.71. The molecule has 7 heteroatoms. The number of benzene rings is 2. The van der Waals surface area contributed by atoms with Gasteiger partial charge in [-0.25, -0.2) is 4.68 Å². The Morgan fingerprint density at radius 1 is 1.21 bits per heavy atom. The van der Waals surface area contributed by atoms with E-state index in [2.05, 4.69) is 39.8 Å². The first kappa shape index (κ1) is 18.1. The Morgan fingerprint density at radius 2 is 2.07 bits per heavy atom. The van der Waals surface area contributed by atoms with E-state index >= 15 is 0 Å². The molecular formula is C22H25N5O2. The molecule has 0 aliphatic carbocycles. The molecule has 2 fully saturated rings. The molecule has 5 rings (SSSR count). The summed E-state index contributed by atoms with van der Waals surface area (Å²) in [7, 11) is 0. The fourth-order valence-electron chi connectivity index (χ4n) is 4.02. The first-order valence-corrected chi connectivity index (χ1v) is 10.0. The Hall–Kier alpha value is -2.90. The van der Waals surface area contributed by atoms with E-state index in [9.17, 15) is 0 Å². The maximum absolute atomic E-state index is 6.57. The third-order valence-corrected chi connectivity index (χ3v) is 5.67. The molecule has 0 radical (unpaired) electrons. The first-order valence-electron chi connectivity index (χ1n) is 10.0. The number of hydrogen-bond acceptors (Lipinski definition) is 6. The Morgan fingerprint density at radius 3 is 2.79 bits per heavy atom. The Balaban J connectivity index is 1.35. The van der Waals surface area contributed by atoms with Gasteiger partial charge >= 0.3 is 0 Å². The topological polar surface area (TPSA) is 73.2 Å². The molecule has 3 heterocycles. The van der Waals surface area contributed by atoms with Crippen LogP contribution in [0.4, 0.5) is 11.6 Å². The molecule has 0 amide bonds. The van der Waals surface area contributed by atoms with E-state index in [1.165, 1.54) is 0 Å². The third-order valence-electron chi connectivity index (χ3n) is 5.67. The highest BCUT2D eigenvalue weighted by Gasteiger charge is 2.47. The summed E-state index contributed by atoms with van der Waals surface area (Å²) in [5.74, 6) is 1.86. The normalized spacial score (nSPS) is 21.7. The lowest BCUT2D eigenvalue weighted by Gasteiger charge is -2.42. The maximum Gasteiger partial charge on any atom is 0.246 e. The van der Waals surface area contributed by atoms with Gasteiger partial charge in [0.1, 0.15) is 17.7 Å². The number of anilines is 2. The van der Waals surface area contributed by atoms with Crippen molar-refractivity contribution >= 4 is 11.6 Å². The van der Waals surface area contributed by atoms with E-state index in [-0.39, 0.29) is 5.60 Å². The van der Waals surface area contributed by atoms with Crippen LogP contribution in [0.2, 0.25) is 0 Å². The van der Waals surface area contributed by atoms with Gasteiger partial charge in [0.05, 0.1) is 18.9 Å². The van der Waals surface area contributed by atoms with Crippen LogP contribution in [0.5, 0.6) is 5.75 Å². The highest BCUT2D eigenvalue weighted by atomic mass is 16.5. The van der Waals surface area contributed by atoms with Crippen LogP contribution in [-0.4, -0.2) is 46.7 Å². The van der Waals surface area contributed by atoms with E-state index in [0.717, 1.165) is 55.4 Å². The second-order valence-corrected chi connectivity index (χ2v) is 7.84. The van der Waals surface area contributed by atoms with Gasteiger partial charge in [-0.2, -0.15) is 4.98 Å². The quantitative estimate of drug-likeness (QED) is 0.673. The molecule has 0 saturated carbocycles. The van der Waals surface area contributed by atoms with Crippen LogP contribution >= 0.6 is 0 Å². The molecule has 2 N–H and O–H groups in total. The summed E-state index contributed by atoms with van der Waals surface area (Å²) in [5, 5.41) is 11.3. The minimum Gasteiger partial charge on any atom is -0.485 e. The number of aryl methyl sites for hydroxylation is 1. The summed E-state index contributed by atoms with van der Waals surface area (Å²) in [6.07, 6.45) is 2.71. The number of nitrogens with zero attached hydrogens (tertiary/aromatic N) is 3. The lowest BCUT2D eigenvalue weighted by atomic mass is 9.84. The molecule has 29 heavy (non-hydrogen) atoms. The predicted molar refractivity (Wildman–Crippen MR) is 111 cm³/mol. The summed E-state index contributed by atoms with van der Waals surface area (Å²) in [5.41, 5.74) is 2.83. The molecule has 3 aromatic rings. The zero-order valence-corrected chi connectivity index (χ0v) is 16.5. The number of ether oxygens (including phenoxy) is 2. The highest BCUT2D eigenvalue weighted by Crippen LogP contribution is 2.36. The van der Waals surface area contributed by atoms with Gasteiger partial charge in [-0.1, -0.05) is 18.2 Å². The summed E-state index contributed by atoms with van der Waals surface area (Å²) in [4.78, 5) is 4.39. The predicted octanol–water partition coefficient (Wildman–Crippen LogP) is 3.08. The second kappa shape index (κ2) is 7.50. The number of rotatable bonds is 6. The van der Waals surface area contributed by atoms with Gasteiger partial charge in [-0.3, -0.25) is 0 Å². The van der Waals surface area contributed by atoms with Crippen molar-refractivity contribution in [1.82, 2.24) is 20.1 Å². The fraction of sp³-hybridized carbons (Fsp3) is 0.364. The van der Waals surface area contributed by atoms with Crippen LogP contribution in [0, 0.1) is 12.8 Å². The molecule has 0 bridgehead atoms. The largest absolute Gasteiger partial charge is 0.485 e. The van der Waals surface area contributed by atoms with Crippen LogP contribution in [0.3, 0.4) is 0 Å². The summed E-state index contributed by atoms with van der Waals surface area (Å²) >= 11 is 0. The van der Waals surface area contributed by atoms with Crippen LogP contribution < -0.4 is 15.4 Å². The van der Waals surface area contributed by atoms with Gasteiger partial charge in [0, 0.05) is 30.6 Å². The van der Waals surface area contributed by atoms with E-state index < -0.39 is 0 Å². The van der Waals surface area contributed by atoms with Gasteiger partial charge < -0.3 is 20.1 Å². The summed E-state index contributed by atoms with van der Waals surface area (Å²) < 4.78 is 13.8. The zero-order chi connectivity index (χ0) is 19.7. The molecule has 2 aliphatic heterocycles. The molecule has 150 valence electrons. The highest BCUT2D eigenvalue weighted by molar-refractivity contribution is 5.57. The average Bonchev–Trinajstić information content (AvgIpc) is 3.31. The lowest BCUT2D eigenvalue weighted by molar-refractivity contribution is -0.125. The van der Waals surface area contributed by atoms with Crippen molar-refractivity contribution in [2.45, 2.75) is 18.9 Å². The SMILES string of the molecule is Cc1cc(Nc2ncn(-c3ccccc3)n2)cc(O[C@]2(C3COC3)CCNC2)c1. The fourth-order valence-corrected chi connectivity index (χ4v) is 4.02. The number of aromatic nitrogens is 3. The van der Waals surface area contributed by atoms with E-state index in [0.29, 0.717) is 11.9 Å². The minimum absolute atomic E-state index is 0.184. The maximum atomic E-state index is 6.57. The molecule has 2 aromatic carbocycles.